The average molecular weight is 412 g/mol. The molecule has 2 aromatic rings. The molecule has 2 aromatic carbocycles. The summed E-state index contributed by atoms with van der Waals surface area (Å²) >= 11 is 7.09. The summed E-state index contributed by atoms with van der Waals surface area (Å²) in [4.78, 5) is 0. The van der Waals surface area contributed by atoms with E-state index >= 15 is 0 Å². The molecule has 0 radical (unpaired) electrons. The van der Waals surface area contributed by atoms with E-state index in [0.717, 1.165) is 39.7 Å². The number of hydrogen-bond acceptors (Lipinski definition) is 3. The predicted octanol–water partition coefficient (Wildman–Crippen LogP) is 3.89. The topological polar surface area (TPSA) is 47.3 Å². The van der Waals surface area contributed by atoms with Crippen molar-refractivity contribution < 1.29 is 4.74 Å². The van der Waals surface area contributed by atoms with Crippen LogP contribution in [0, 0.1) is 0 Å². The Labute approximate surface area is 141 Å². The fourth-order valence-electron chi connectivity index (χ4n) is 2.71. The largest absolute Gasteiger partial charge is 0.493 e. The lowest BCUT2D eigenvalue weighted by atomic mass is 9.97. The zero-order chi connectivity index (χ0) is 14.8. The zero-order valence-corrected chi connectivity index (χ0v) is 14.6. The molecule has 3 nitrogen and oxygen atoms in total. The summed E-state index contributed by atoms with van der Waals surface area (Å²) in [7, 11) is 0. The minimum atomic E-state index is 0.0464. The summed E-state index contributed by atoms with van der Waals surface area (Å²) < 4.78 is 7.93. The number of hydrogen-bond donors (Lipinski definition) is 2. The summed E-state index contributed by atoms with van der Waals surface area (Å²) in [5.74, 6) is 6.79. The van der Waals surface area contributed by atoms with Gasteiger partial charge in [0.05, 0.1) is 12.6 Å². The number of ether oxygens (including phenoxy) is 1. The van der Waals surface area contributed by atoms with Crippen LogP contribution in [0.15, 0.2) is 45.3 Å². The molecule has 1 aliphatic heterocycles. The van der Waals surface area contributed by atoms with Gasteiger partial charge in [-0.1, -0.05) is 44.0 Å². The molecule has 5 heteroatoms. The summed E-state index contributed by atoms with van der Waals surface area (Å²) in [5.41, 5.74) is 6.51. The van der Waals surface area contributed by atoms with E-state index < -0.39 is 0 Å². The molecular formula is C16H16Br2N2O. The molecule has 110 valence electrons. The highest BCUT2D eigenvalue weighted by Crippen LogP contribution is 2.35. The van der Waals surface area contributed by atoms with E-state index in [1.807, 2.05) is 12.1 Å². The molecule has 1 heterocycles. The van der Waals surface area contributed by atoms with Crippen LogP contribution in [0.1, 0.15) is 22.7 Å². The van der Waals surface area contributed by atoms with Crippen molar-refractivity contribution in [1.82, 2.24) is 5.43 Å². The molecule has 0 aromatic heterocycles. The van der Waals surface area contributed by atoms with Crippen molar-refractivity contribution in [3.05, 3.63) is 62.0 Å². The first-order valence-corrected chi connectivity index (χ1v) is 8.41. The summed E-state index contributed by atoms with van der Waals surface area (Å²) in [5, 5.41) is 0. The van der Waals surface area contributed by atoms with E-state index in [9.17, 15) is 0 Å². The van der Waals surface area contributed by atoms with Gasteiger partial charge in [-0.05, 0) is 47.4 Å². The van der Waals surface area contributed by atoms with Crippen molar-refractivity contribution >= 4 is 31.9 Å². The van der Waals surface area contributed by atoms with E-state index in [0.29, 0.717) is 0 Å². The van der Waals surface area contributed by atoms with E-state index in [4.69, 9.17) is 10.6 Å². The average Bonchev–Trinajstić information content (AvgIpc) is 2.92. The van der Waals surface area contributed by atoms with Crippen molar-refractivity contribution in [1.29, 1.82) is 0 Å². The second-order valence-corrected chi connectivity index (χ2v) is 6.96. The van der Waals surface area contributed by atoms with Crippen LogP contribution in [0.25, 0.3) is 0 Å². The molecule has 0 saturated carbocycles. The molecular weight excluding hydrogens is 396 g/mol. The Hall–Kier alpha value is -0.880. The maximum absolute atomic E-state index is 5.79. The molecule has 0 aliphatic carbocycles. The highest BCUT2D eigenvalue weighted by atomic mass is 79.9. The van der Waals surface area contributed by atoms with Gasteiger partial charge in [0.25, 0.3) is 0 Å². The van der Waals surface area contributed by atoms with Gasteiger partial charge >= 0.3 is 0 Å². The second-order valence-electron chi connectivity index (χ2n) is 5.13. The molecule has 1 unspecified atom stereocenters. The first-order chi connectivity index (χ1) is 10.2. The minimum Gasteiger partial charge on any atom is -0.493 e. The third-order valence-corrected chi connectivity index (χ3v) is 4.65. The number of benzene rings is 2. The van der Waals surface area contributed by atoms with E-state index in [1.54, 1.807) is 0 Å². The molecule has 1 atom stereocenters. The Morgan fingerprint density at radius 1 is 1.19 bits per heavy atom. The number of hydrazine groups is 1. The molecule has 0 amide bonds. The lowest BCUT2D eigenvalue weighted by Crippen LogP contribution is -2.29. The quantitative estimate of drug-likeness (QED) is 0.592. The first-order valence-electron chi connectivity index (χ1n) is 6.83. The molecule has 0 fully saturated rings. The van der Waals surface area contributed by atoms with Gasteiger partial charge in [-0.2, -0.15) is 0 Å². The maximum atomic E-state index is 5.79. The summed E-state index contributed by atoms with van der Waals surface area (Å²) in [6.45, 7) is 0.760. The van der Waals surface area contributed by atoms with Gasteiger partial charge in [0.1, 0.15) is 5.75 Å². The Balaban J connectivity index is 1.91. The Morgan fingerprint density at radius 3 is 2.81 bits per heavy atom. The molecule has 3 N–H and O–H groups in total. The van der Waals surface area contributed by atoms with Crippen LogP contribution in [-0.4, -0.2) is 6.61 Å². The second kappa shape index (κ2) is 6.48. The van der Waals surface area contributed by atoms with E-state index in [2.05, 4.69) is 61.6 Å². The van der Waals surface area contributed by atoms with Gasteiger partial charge in [-0.15, -0.1) is 0 Å². The van der Waals surface area contributed by atoms with Crippen molar-refractivity contribution in [3.8, 4) is 5.75 Å². The molecule has 1 aliphatic rings. The Kier molecular flexibility index (Phi) is 4.64. The lowest BCUT2D eigenvalue weighted by molar-refractivity contribution is 0.351. The van der Waals surface area contributed by atoms with Crippen LogP contribution in [-0.2, 0) is 12.8 Å². The van der Waals surface area contributed by atoms with Gasteiger partial charge in [0.2, 0.25) is 0 Å². The molecule has 21 heavy (non-hydrogen) atoms. The van der Waals surface area contributed by atoms with Crippen LogP contribution < -0.4 is 16.0 Å². The van der Waals surface area contributed by atoms with E-state index in [1.165, 1.54) is 11.1 Å². The van der Waals surface area contributed by atoms with Gasteiger partial charge in [0, 0.05) is 15.4 Å². The highest BCUT2D eigenvalue weighted by molar-refractivity contribution is 9.10. The van der Waals surface area contributed by atoms with E-state index in [-0.39, 0.29) is 6.04 Å². The molecule has 0 saturated heterocycles. The fourth-order valence-corrected chi connectivity index (χ4v) is 3.68. The van der Waals surface area contributed by atoms with Crippen molar-refractivity contribution in [2.24, 2.45) is 5.84 Å². The number of nitrogens with one attached hydrogen (secondary N) is 1. The SMILES string of the molecule is NNC(Cc1cc(Br)cc2c1OCC2)c1cccc(Br)c1. The summed E-state index contributed by atoms with van der Waals surface area (Å²) in [6, 6.07) is 12.5. The number of nitrogens with two attached hydrogens (primary N) is 1. The third-order valence-electron chi connectivity index (χ3n) is 3.70. The van der Waals surface area contributed by atoms with Crippen LogP contribution in [0.4, 0.5) is 0 Å². The standard InChI is InChI=1S/C16H16Br2N2O/c17-13-3-1-2-10(6-13)15(20-19)9-12-8-14(18)7-11-4-5-21-16(11)12/h1-3,6-8,15,20H,4-5,9,19H2. The van der Waals surface area contributed by atoms with Crippen molar-refractivity contribution in [3.63, 3.8) is 0 Å². The molecule has 0 bridgehead atoms. The Morgan fingerprint density at radius 2 is 2.05 bits per heavy atom. The van der Waals surface area contributed by atoms with Crippen molar-refractivity contribution in [2.45, 2.75) is 18.9 Å². The maximum Gasteiger partial charge on any atom is 0.125 e. The summed E-state index contributed by atoms with van der Waals surface area (Å²) in [6.07, 6.45) is 1.76. The van der Waals surface area contributed by atoms with Crippen LogP contribution in [0.5, 0.6) is 5.75 Å². The fraction of sp³-hybridized carbons (Fsp3) is 0.250. The lowest BCUT2D eigenvalue weighted by Gasteiger charge is -2.18. The van der Waals surface area contributed by atoms with Gasteiger partial charge in [0.15, 0.2) is 0 Å². The highest BCUT2D eigenvalue weighted by Gasteiger charge is 2.20. The smallest absolute Gasteiger partial charge is 0.125 e. The number of halogens is 2. The minimum absolute atomic E-state index is 0.0464. The van der Waals surface area contributed by atoms with Gasteiger partial charge in [-0.25, -0.2) is 0 Å². The van der Waals surface area contributed by atoms with Gasteiger partial charge in [-0.3, -0.25) is 11.3 Å². The van der Waals surface area contributed by atoms with Crippen LogP contribution in [0.2, 0.25) is 0 Å². The first kappa shape index (κ1) is 15.0. The Bertz CT molecular complexity index is 661. The normalized spacial score (nSPS) is 14.6. The van der Waals surface area contributed by atoms with Gasteiger partial charge < -0.3 is 4.74 Å². The predicted molar refractivity (Wildman–Crippen MR) is 91.3 cm³/mol. The van der Waals surface area contributed by atoms with Crippen LogP contribution in [0.3, 0.4) is 0 Å². The zero-order valence-electron chi connectivity index (χ0n) is 11.4. The number of fused-ring (bicyclic) bond motifs is 1. The third kappa shape index (κ3) is 3.31. The van der Waals surface area contributed by atoms with Crippen LogP contribution >= 0.6 is 31.9 Å². The monoisotopic (exact) mass is 410 g/mol. The van der Waals surface area contributed by atoms with Crippen molar-refractivity contribution in [2.75, 3.05) is 6.61 Å². The molecule has 0 spiro atoms. The molecule has 3 rings (SSSR count). The number of rotatable bonds is 4.